The smallest absolute Gasteiger partial charge is 0.348 e. The number of nitro groups is 1. The van der Waals surface area contributed by atoms with Gasteiger partial charge in [-0.25, -0.2) is 4.79 Å². The van der Waals surface area contributed by atoms with E-state index in [1.54, 1.807) is 13.0 Å². The molecule has 1 rings (SSSR count). The summed E-state index contributed by atoms with van der Waals surface area (Å²) in [6.45, 7) is 1.64. The first-order valence-corrected chi connectivity index (χ1v) is 5.19. The molecule has 1 aromatic rings. The molecule has 0 aliphatic heterocycles. The largest absolute Gasteiger partial charge is 0.477 e. The second kappa shape index (κ2) is 5.97. The molecular formula is C11H14N2O5. The van der Waals surface area contributed by atoms with Crippen LogP contribution in [0.5, 0.6) is 5.75 Å². The Morgan fingerprint density at radius 1 is 1.56 bits per heavy atom. The number of ether oxygens (including phenoxy) is 2. The molecule has 0 radical (unpaired) electrons. The lowest BCUT2D eigenvalue weighted by Crippen LogP contribution is -2.36. The van der Waals surface area contributed by atoms with Crippen molar-refractivity contribution in [3.63, 3.8) is 0 Å². The molecule has 0 aliphatic carbocycles. The Bertz CT molecular complexity index is 461. The highest BCUT2D eigenvalue weighted by molar-refractivity contribution is 5.75. The molecule has 18 heavy (non-hydrogen) atoms. The summed E-state index contributed by atoms with van der Waals surface area (Å²) >= 11 is 0. The van der Waals surface area contributed by atoms with E-state index in [2.05, 4.69) is 4.74 Å². The van der Waals surface area contributed by atoms with E-state index < -0.39 is 17.0 Å². The number of aryl methyl sites for hydroxylation is 1. The molecule has 7 nitrogen and oxygen atoms in total. The van der Waals surface area contributed by atoms with Crippen molar-refractivity contribution in [1.82, 2.24) is 0 Å². The summed E-state index contributed by atoms with van der Waals surface area (Å²) in [7, 11) is 1.22. The number of nitro benzene ring substituents is 1. The molecule has 98 valence electrons. The van der Waals surface area contributed by atoms with Gasteiger partial charge >= 0.3 is 5.97 Å². The zero-order valence-corrected chi connectivity index (χ0v) is 10.1. The van der Waals surface area contributed by atoms with Crippen LogP contribution in [-0.4, -0.2) is 30.7 Å². The van der Waals surface area contributed by atoms with Gasteiger partial charge in [-0.2, -0.15) is 0 Å². The minimum Gasteiger partial charge on any atom is -0.477 e. The number of benzene rings is 1. The number of methoxy groups -OCH3 is 1. The molecule has 0 amide bonds. The van der Waals surface area contributed by atoms with Crippen molar-refractivity contribution < 1.29 is 19.2 Å². The average molecular weight is 254 g/mol. The van der Waals surface area contributed by atoms with Crippen LogP contribution in [0.4, 0.5) is 5.69 Å². The van der Waals surface area contributed by atoms with Gasteiger partial charge in [0.25, 0.3) is 5.69 Å². The van der Waals surface area contributed by atoms with Crippen LogP contribution in [0.1, 0.15) is 5.56 Å². The number of hydrogen-bond donors (Lipinski definition) is 1. The van der Waals surface area contributed by atoms with Crippen molar-refractivity contribution in [2.45, 2.75) is 13.0 Å². The number of nitrogens with zero attached hydrogens (tertiary/aromatic N) is 1. The maximum atomic E-state index is 11.3. The third kappa shape index (κ3) is 3.17. The average Bonchev–Trinajstić information content (AvgIpc) is 2.36. The van der Waals surface area contributed by atoms with Gasteiger partial charge < -0.3 is 15.2 Å². The van der Waals surface area contributed by atoms with E-state index in [0.29, 0.717) is 5.56 Å². The monoisotopic (exact) mass is 254 g/mol. The Kier molecular flexibility index (Phi) is 4.61. The molecule has 0 aromatic heterocycles. The third-order valence-corrected chi connectivity index (χ3v) is 2.33. The van der Waals surface area contributed by atoms with Gasteiger partial charge in [-0.15, -0.1) is 0 Å². The van der Waals surface area contributed by atoms with Crippen molar-refractivity contribution in [3.05, 3.63) is 33.9 Å². The van der Waals surface area contributed by atoms with E-state index in [4.69, 9.17) is 10.5 Å². The highest BCUT2D eigenvalue weighted by Crippen LogP contribution is 2.25. The lowest BCUT2D eigenvalue weighted by molar-refractivity contribution is -0.385. The first kappa shape index (κ1) is 13.9. The summed E-state index contributed by atoms with van der Waals surface area (Å²) in [5.41, 5.74) is 5.94. The van der Waals surface area contributed by atoms with Crippen LogP contribution in [0, 0.1) is 17.0 Å². The molecule has 1 unspecified atom stereocenters. The van der Waals surface area contributed by atoms with E-state index >= 15 is 0 Å². The van der Waals surface area contributed by atoms with Gasteiger partial charge in [0.1, 0.15) is 5.75 Å². The SMILES string of the molecule is COC(=O)C(CN)Oc1cc([N+](=O)[O-])ccc1C. The molecule has 7 heteroatoms. The van der Waals surface area contributed by atoms with Crippen molar-refractivity contribution in [1.29, 1.82) is 0 Å². The van der Waals surface area contributed by atoms with Crippen LogP contribution in [0.15, 0.2) is 18.2 Å². The standard InChI is InChI=1S/C11H14N2O5/c1-7-3-4-8(13(15)16)5-9(7)18-10(6-12)11(14)17-2/h3-5,10H,6,12H2,1-2H3. The Balaban J connectivity index is 2.98. The number of non-ortho nitro benzene ring substituents is 1. The maximum Gasteiger partial charge on any atom is 0.348 e. The Morgan fingerprint density at radius 3 is 2.72 bits per heavy atom. The van der Waals surface area contributed by atoms with Crippen molar-refractivity contribution in [3.8, 4) is 5.75 Å². The Hall–Kier alpha value is -2.15. The molecular weight excluding hydrogens is 240 g/mol. The second-order valence-electron chi connectivity index (χ2n) is 3.57. The lowest BCUT2D eigenvalue weighted by atomic mass is 10.2. The van der Waals surface area contributed by atoms with Crippen molar-refractivity contribution >= 4 is 11.7 Å². The normalized spacial score (nSPS) is 11.7. The van der Waals surface area contributed by atoms with Crippen molar-refractivity contribution in [2.24, 2.45) is 5.73 Å². The fourth-order valence-corrected chi connectivity index (χ4v) is 1.31. The first-order valence-electron chi connectivity index (χ1n) is 5.19. The first-order chi connectivity index (χ1) is 8.49. The number of hydrogen-bond acceptors (Lipinski definition) is 6. The zero-order chi connectivity index (χ0) is 13.7. The summed E-state index contributed by atoms with van der Waals surface area (Å²) in [5, 5.41) is 10.6. The van der Waals surface area contributed by atoms with Gasteiger partial charge in [0.05, 0.1) is 18.1 Å². The lowest BCUT2D eigenvalue weighted by Gasteiger charge is -2.16. The number of carbonyl (C=O) groups is 1. The predicted octanol–water partition coefficient (Wildman–Crippen LogP) is 0.782. The molecule has 1 aromatic carbocycles. The fraction of sp³-hybridized carbons (Fsp3) is 0.364. The van der Waals surface area contributed by atoms with Gasteiger partial charge in [-0.3, -0.25) is 10.1 Å². The molecule has 0 fully saturated rings. The van der Waals surface area contributed by atoms with Crippen LogP contribution in [0.2, 0.25) is 0 Å². The molecule has 0 spiro atoms. The van der Waals surface area contributed by atoms with E-state index in [-0.39, 0.29) is 18.0 Å². The van der Waals surface area contributed by atoms with Gasteiger partial charge in [0.15, 0.2) is 0 Å². The maximum absolute atomic E-state index is 11.3. The van der Waals surface area contributed by atoms with Gasteiger partial charge in [-0.1, -0.05) is 0 Å². The van der Waals surface area contributed by atoms with Crippen LogP contribution < -0.4 is 10.5 Å². The molecule has 0 saturated carbocycles. The van der Waals surface area contributed by atoms with Gasteiger partial charge in [-0.05, 0) is 18.6 Å². The number of nitrogens with two attached hydrogens (primary N) is 1. The Morgan fingerprint density at radius 2 is 2.22 bits per heavy atom. The zero-order valence-electron chi connectivity index (χ0n) is 10.1. The molecule has 0 bridgehead atoms. The number of esters is 1. The third-order valence-electron chi connectivity index (χ3n) is 2.33. The van der Waals surface area contributed by atoms with E-state index in [0.717, 1.165) is 0 Å². The number of rotatable bonds is 5. The van der Waals surface area contributed by atoms with E-state index in [1.807, 2.05) is 0 Å². The van der Waals surface area contributed by atoms with Crippen LogP contribution >= 0.6 is 0 Å². The molecule has 1 atom stereocenters. The quantitative estimate of drug-likeness (QED) is 0.473. The van der Waals surface area contributed by atoms with E-state index in [9.17, 15) is 14.9 Å². The fourth-order valence-electron chi connectivity index (χ4n) is 1.31. The summed E-state index contributed by atoms with van der Waals surface area (Å²) in [5.74, 6) is -0.381. The van der Waals surface area contributed by atoms with Gasteiger partial charge in [0.2, 0.25) is 6.10 Å². The molecule has 2 N–H and O–H groups in total. The minimum atomic E-state index is -0.976. The van der Waals surface area contributed by atoms with Crippen LogP contribution in [0.25, 0.3) is 0 Å². The minimum absolute atomic E-state index is 0.0746. The molecule has 0 aliphatic rings. The highest BCUT2D eigenvalue weighted by atomic mass is 16.6. The second-order valence-corrected chi connectivity index (χ2v) is 3.57. The van der Waals surface area contributed by atoms with Gasteiger partial charge in [0, 0.05) is 12.6 Å². The summed E-state index contributed by atoms with van der Waals surface area (Å²) in [6, 6.07) is 4.15. The topological polar surface area (TPSA) is 105 Å². The predicted molar refractivity (Wildman–Crippen MR) is 63.3 cm³/mol. The highest BCUT2D eigenvalue weighted by Gasteiger charge is 2.21. The summed E-state index contributed by atoms with van der Waals surface area (Å²) in [6.07, 6.45) is -0.976. The summed E-state index contributed by atoms with van der Waals surface area (Å²) in [4.78, 5) is 21.4. The van der Waals surface area contributed by atoms with Crippen LogP contribution in [-0.2, 0) is 9.53 Å². The van der Waals surface area contributed by atoms with Crippen molar-refractivity contribution in [2.75, 3.05) is 13.7 Å². The molecule has 0 saturated heterocycles. The van der Waals surface area contributed by atoms with E-state index in [1.165, 1.54) is 19.2 Å². The number of carbonyl (C=O) groups excluding carboxylic acids is 1. The molecule has 0 heterocycles. The summed E-state index contributed by atoms with van der Waals surface area (Å²) < 4.78 is 9.85. The van der Waals surface area contributed by atoms with Crippen LogP contribution in [0.3, 0.4) is 0 Å². The Labute approximate surface area is 104 Å².